The predicted octanol–water partition coefficient (Wildman–Crippen LogP) is 4.35. The normalized spacial score (nSPS) is 10.8. The lowest BCUT2D eigenvalue weighted by Gasteiger charge is -2.06. The van der Waals surface area contributed by atoms with Gasteiger partial charge in [0.1, 0.15) is 10.3 Å². The van der Waals surface area contributed by atoms with Crippen molar-refractivity contribution in [3.05, 3.63) is 76.7 Å². The Kier molecular flexibility index (Phi) is 4.28. The van der Waals surface area contributed by atoms with Crippen LogP contribution in [0.5, 0.6) is 0 Å². The van der Waals surface area contributed by atoms with Gasteiger partial charge in [0.2, 0.25) is 0 Å². The van der Waals surface area contributed by atoms with E-state index in [1.165, 1.54) is 12.1 Å². The third-order valence-corrected chi connectivity index (χ3v) is 4.04. The molecule has 0 saturated carbocycles. The summed E-state index contributed by atoms with van der Waals surface area (Å²) in [7, 11) is 0. The van der Waals surface area contributed by atoms with Crippen LogP contribution in [0.15, 0.2) is 60.8 Å². The number of nitrogens with zero attached hydrogens (tertiary/aromatic N) is 4. The first-order valence-corrected chi connectivity index (χ1v) is 8.40. The number of aromatic nitrogens is 4. The van der Waals surface area contributed by atoms with Gasteiger partial charge in [-0.25, -0.2) is 14.5 Å². The maximum absolute atomic E-state index is 12.4. The number of anilines is 1. The van der Waals surface area contributed by atoms with Gasteiger partial charge >= 0.3 is 0 Å². The van der Waals surface area contributed by atoms with Crippen LogP contribution in [0, 0.1) is 0 Å². The number of pyridine rings is 2. The zero-order chi connectivity index (χ0) is 18.1. The molecule has 0 unspecified atom stereocenters. The fourth-order valence-electron chi connectivity index (χ4n) is 2.47. The van der Waals surface area contributed by atoms with Crippen LogP contribution in [0.3, 0.4) is 0 Å². The topological polar surface area (TPSA) is 72.2 Å². The monoisotopic (exact) mass is 383 g/mol. The van der Waals surface area contributed by atoms with E-state index < -0.39 is 0 Å². The van der Waals surface area contributed by atoms with Crippen molar-refractivity contribution in [1.82, 2.24) is 19.6 Å². The highest BCUT2D eigenvalue weighted by molar-refractivity contribution is 6.33. The van der Waals surface area contributed by atoms with Crippen molar-refractivity contribution in [2.24, 2.45) is 0 Å². The van der Waals surface area contributed by atoms with Crippen LogP contribution in [0.25, 0.3) is 17.0 Å². The Balaban J connectivity index is 1.62. The molecule has 0 aliphatic carbocycles. The first-order chi connectivity index (χ1) is 12.6. The standard InChI is InChI=1S/C18H11Cl2N5O/c19-14-8-12(9-15(20)22-14)18(26)21-13-6-7-25-16(10-13)23-17(24-25)11-4-2-1-3-5-11/h1-10H,(H,21,26). The number of carbonyl (C=O) groups is 1. The highest BCUT2D eigenvalue weighted by Crippen LogP contribution is 2.19. The second-order valence-corrected chi connectivity index (χ2v) is 6.25. The summed E-state index contributed by atoms with van der Waals surface area (Å²) in [5, 5.41) is 7.53. The van der Waals surface area contributed by atoms with Gasteiger partial charge < -0.3 is 5.32 Å². The number of fused-ring (bicyclic) bond motifs is 1. The largest absolute Gasteiger partial charge is 0.322 e. The van der Waals surface area contributed by atoms with E-state index in [2.05, 4.69) is 20.4 Å². The molecule has 3 aromatic heterocycles. The average Bonchev–Trinajstić information content (AvgIpc) is 3.05. The fourth-order valence-corrected chi connectivity index (χ4v) is 2.93. The van der Waals surface area contributed by atoms with E-state index in [1.807, 2.05) is 30.3 Å². The summed E-state index contributed by atoms with van der Waals surface area (Å²) in [4.78, 5) is 20.7. The third kappa shape index (κ3) is 3.37. The van der Waals surface area contributed by atoms with Crippen LogP contribution in [-0.2, 0) is 0 Å². The molecular weight excluding hydrogens is 373 g/mol. The highest BCUT2D eigenvalue weighted by Gasteiger charge is 2.11. The predicted molar refractivity (Wildman–Crippen MR) is 101 cm³/mol. The molecule has 26 heavy (non-hydrogen) atoms. The van der Waals surface area contributed by atoms with Crippen molar-refractivity contribution in [1.29, 1.82) is 0 Å². The molecule has 0 aliphatic heterocycles. The Hall–Kier alpha value is -2.96. The average molecular weight is 384 g/mol. The molecule has 1 aromatic carbocycles. The van der Waals surface area contributed by atoms with Gasteiger partial charge in [-0.1, -0.05) is 53.5 Å². The molecule has 8 heteroatoms. The molecule has 128 valence electrons. The maximum atomic E-state index is 12.4. The molecular formula is C18H11Cl2N5O. The Bertz CT molecular complexity index is 1090. The van der Waals surface area contributed by atoms with E-state index in [0.717, 1.165) is 5.56 Å². The second-order valence-electron chi connectivity index (χ2n) is 5.48. The van der Waals surface area contributed by atoms with Gasteiger partial charge in [-0.05, 0) is 18.2 Å². The summed E-state index contributed by atoms with van der Waals surface area (Å²) in [6.07, 6.45) is 1.73. The van der Waals surface area contributed by atoms with Gasteiger partial charge in [-0.15, -0.1) is 5.10 Å². The van der Waals surface area contributed by atoms with Gasteiger partial charge in [-0.2, -0.15) is 0 Å². The quantitative estimate of drug-likeness (QED) is 0.533. The third-order valence-electron chi connectivity index (χ3n) is 3.65. The molecule has 0 saturated heterocycles. The summed E-state index contributed by atoms with van der Waals surface area (Å²) in [5.41, 5.74) is 2.44. The van der Waals surface area contributed by atoms with Crippen LogP contribution in [-0.4, -0.2) is 25.5 Å². The lowest BCUT2D eigenvalue weighted by Crippen LogP contribution is -2.12. The number of carbonyl (C=O) groups excluding carboxylic acids is 1. The first kappa shape index (κ1) is 16.5. The zero-order valence-corrected chi connectivity index (χ0v) is 14.7. The number of hydrogen-bond donors (Lipinski definition) is 1. The molecule has 6 nitrogen and oxygen atoms in total. The molecule has 0 fully saturated rings. The summed E-state index contributed by atoms with van der Waals surface area (Å²) in [6, 6.07) is 16.0. The van der Waals surface area contributed by atoms with Gasteiger partial charge in [0, 0.05) is 29.1 Å². The van der Waals surface area contributed by atoms with Crippen molar-refractivity contribution in [2.75, 3.05) is 5.32 Å². The molecule has 4 aromatic rings. The lowest BCUT2D eigenvalue weighted by molar-refractivity contribution is 0.102. The number of halogens is 2. The Morgan fingerprint density at radius 2 is 1.69 bits per heavy atom. The molecule has 0 atom stereocenters. The second kappa shape index (κ2) is 6.74. The Morgan fingerprint density at radius 1 is 0.962 bits per heavy atom. The molecule has 0 bridgehead atoms. The molecule has 0 spiro atoms. The minimum Gasteiger partial charge on any atom is -0.322 e. The maximum Gasteiger partial charge on any atom is 0.255 e. The summed E-state index contributed by atoms with van der Waals surface area (Å²) < 4.78 is 1.65. The number of nitrogens with one attached hydrogen (secondary N) is 1. The summed E-state index contributed by atoms with van der Waals surface area (Å²) in [5.74, 6) is 0.269. The van der Waals surface area contributed by atoms with Gasteiger partial charge in [0.15, 0.2) is 11.5 Å². The van der Waals surface area contributed by atoms with E-state index in [1.54, 1.807) is 22.8 Å². The van der Waals surface area contributed by atoms with Gasteiger partial charge in [-0.3, -0.25) is 4.79 Å². The van der Waals surface area contributed by atoms with E-state index in [-0.39, 0.29) is 16.2 Å². The zero-order valence-electron chi connectivity index (χ0n) is 13.2. The number of hydrogen-bond acceptors (Lipinski definition) is 4. The van der Waals surface area contributed by atoms with Crippen LogP contribution >= 0.6 is 23.2 Å². The number of amides is 1. The van der Waals surface area contributed by atoms with Crippen molar-refractivity contribution in [2.45, 2.75) is 0 Å². The van der Waals surface area contributed by atoms with Gasteiger partial charge in [0.25, 0.3) is 5.91 Å². The van der Waals surface area contributed by atoms with E-state index >= 15 is 0 Å². The Labute approximate surface area is 158 Å². The first-order valence-electron chi connectivity index (χ1n) is 7.65. The Morgan fingerprint density at radius 3 is 2.42 bits per heavy atom. The molecule has 3 heterocycles. The highest BCUT2D eigenvalue weighted by atomic mass is 35.5. The number of benzene rings is 1. The van der Waals surface area contributed by atoms with Crippen LogP contribution in [0.4, 0.5) is 5.69 Å². The van der Waals surface area contributed by atoms with Crippen molar-refractivity contribution >= 4 is 40.4 Å². The molecule has 0 aliphatic rings. The molecule has 1 N–H and O–H groups in total. The molecule has 1 amide bonds. The summed E-state index contributed by atoms with van der Waals surface area (Å²) >= 11 is 11.7. The summed E-state index contributed by atoms with van der Waals surface area (Å²) in [6.45, 7) is 0. The van der Waals surface area contributed by atoms with E-state index in [9.17, 15) is 4.79 Å². The minimum absolute atomic E-state index is 0.156. The molecule has 4 rings (SSSR count). The van der Waals surface area contributed by atoms with Crippen molar-refractivity contribution in [3.63, 3.8) is 0 Å². The van der Waals surface area contributed by atoms with Crippen molar-refractivity contribution < 1.29 is 4.79 Å². The van der Waals surface area contributed by atoms with Crippen LogP contribution in [0.2, 0.25) is 10.3 Å². The van der Waals surface area contributed by atoms with Crippen LogP contribution < -0.4 is 5.32 Å². The van der Waals surface area contributed by atoms with E-state index in [4.69, 9.17) is 23.2 Å². The number of rotatable bonds is 3. The smallest absolute Gasteiger partial charge is 0.255 e. The lowest BCUT2D eigenvalue weighted by atomic mass is 10.2. The van der Waals surface area contributed by atoms with Gasteiger partial charge in [0.05, 0.1) is 0 Å². The fraction of sp³-hybridized carbons (Fsp3) is 0. The van der Waals surface area contributed by atoms with E-state index in [0.29, 0.717) is 22.7 Å². The SMILES string of the molecule is O=C(Nc1ccn2nc(-c3ccccc3)nc2c1)c1cc(Cl)nc(Cl)c1. The van der Waals surface area contributed by atoms with Crippen LogP contribution in [0.1, 0.15) is 10.4 Å². The van der Waals surface area contributed by atoms with Crippen molar-refractivity contribution in [3.8, 4) is 11.4 Å². The molecule has 0 radical (unpaired) electrons. The minimum atomic E-state index is -0.344.